The van der Waals surface area contributed by atoms with Crippen LogP contribution in [0.4, 0.5) is 0 Å². The monoisotopic (exact) mass is 244 g/mol. The third-order valence-electron chi connectivity index (χ3n) is 3.25. The first-order valence-electron chi connectivity index (χ1n) is 6.17. The Labute approximate surface area is 106 Å². The van der Waals surface area contributed by atoms with Gasteiger partial charge in [0, 0.05) is 4.88 Å². The summed E-state index contributed by atoms with van der Waals surface area (Å²) in [5.41, 5.74) is 2.98. The van der Waals surface area contributed by atoms with Crippen LogP contribution in [0.2, 0.25) is 0 Å². The van der Waals surface area contributed by atoms with Crippen LogP contribution in [0.25, 0.3) is 0 Å². The molecule has 1 aliphatic carbocycles. The second-order valence-electron chi connectivity index (χ2n) is 4.60. The van der Waals surface area contributed by atoms with Crippen molar-refractivity contribution in [1.82, 2.24) is 0 Å². The highest BCUT2D eigenvalue weighted by Gasteiger charge is 2.10. The van der Waals surface area contributed by atoms with Gasteiger partial charge in [0.25, 0.3) is 0 Å². The molecule has 0 radical (unpaired) electrons. The van der Waals surface area contributed by atoms with E-state index in [1.54, 1.807) is 11.3 Å². The van der Waals surface area contributed by atoms with Gasteiger partial charge in [-0.15, -0.1) is 11.3 Å². The Bertz CT molecular complexity index is 527. The fraction of sp³-hybridized carbons (Fsp3) is 0.333. The van der Waals surface area contributed by atoms with Gasteiger partial charge in [0.1, 0.15) is 5.75 Å². The predicted octanol–water partition coefficient (Wildman–Crippen LogP) is 4.73. The van der Waals surface area contributed by atoms with E-state index in [1.165, 1.54) is 41.7 Å². The average molecular weight is 244 g/mol. The number of aryl methyl sites for hydroxylation is 3. The maximum Gasteiger partial charge on any atom is 0.181 e. The highest BCUT2D eigenvalue weighted by Crippen LogP contribution is 2.31. The van der Waals surface area contributed by atoms with Crippen LogP contribution in [0, 0.1) is 6.92 Å². The molecular weight excluding hydrogens is 228 g/mol. The molecule has 1 aromatic carbocycles. The highest BCUT2D eigenvalue weighted by atomic mass is 32.1. The first-order valence-corrected chi connectivity index (χ1v) is 6.99. The number of hydrogen-bond acceptors (Lipinski definition) is 2. The molecule has 88 valence electrons. The molecule has 0 fully saturated rings. The Morgan fingerprint density at radius 3 is 2.59 bits per heavy atom. The van der Waals surface area contributed by atoms with Gasteiger partial charge >= 0.3 is 0 Å². The molecule has 2 aromatic rings. The zero-order valence-electron chi connectivity index (χ0n) is 10.0. The number of thiophene rings is 1. The summed E-state index contributed by atoms with van der Waals surface area (Å²) in [4.78, 5) is 1.29. The Morgan fingerprint density at radius 2 is 1.82 bits per heavy atom. The lowest BCUT2D eigenvalue weighted by Crippen LogP contribution is -2.02. The highest BCUT2D eigenvalue weighted by molar-refractivity contribution is 7.13. The molecule has 0 bridgehead atoms. The lowest BCUT2D eigenvalue weighted by Gasteiger charge is -2.16. The first kappa shape index (κ1) is 10.8. The molecule has 1 heterocycles. The Kier molecular flexibility index (Phi) is 2.89. The normalized spacial score (nSPS) is 14.4. The van der Waals surface area contributed by atoms with E-state index in [1.807, 2.05) is 6.07 Å². The van der Waals surface area contributed by atoms with E-state index >= 15 is 0 Å². The number of fused-ring (bicyclic) bond motifs is 1. The molecule has 0 atom stereocenters. The van der Waals surface area contributed by atoms with Gasteiger partial charge in [-0.3, -0.25) is 0 Å². The predicted molar refractivity (Wildman–Crippen MR) is 72.2 cm³/mol. The van der Waals surface area contributed by atoms with Crippen molar-refractivity contribution in [3.05, 3.63) is 46.3 Å². The van der Waals surface area contributed by atoms with Crippen molar-refractivity contribution in [3.8, 4) is 10.8 Å². The quantitative estimate of drug-likeness (QED) is 0.742. The van der Waals surface area contributed by atoms with Gasteiger partial charge in [-0.25, -0.2) is 0 Å². The van der Waals surface area contributed by atoms with E-state index in [-0.39, 0.29) is 0 Å². The number of rotatable bonds is 2. The molecular formula is C15H16OS. The fourth-order valence-electron chi connectivity index (χ4n) is 2.36. The maximum absolute atomic E-state index is 5.88. The van der Waals surface area contributed by atoms with Crippen LogP contribution in [-0.4, -0.2) is 0 Å². The van der Waals surface area contributed by atoms with Crippen molar-refractivity contribution in [2.45, 2.75) is 32.6 Å². The molecule has 1 nitrogen and oxygen atoms in total. The standard InChI is InChI=1S/C15H16OS/c1-11-6-9-15(17-11)16-14-8-7-12-4-2-3-5-13(12)10-14/h6-10H,2-5H2,1H3. The lowest BCUT2D eigenvalue weighted by molar-refractivity contribution is 0.494. The topological polar surface area (TPSA) is 9.23 Å². The minimum atomic E-state index is 0.979. The van der Waals surface area contributed by atoms with Gasteiger partial charge < -0.3 is 4.74 Å². The van der Waals surface area contributed by atoms with Crippen molar-refractivity contribution in [1.29, 1.82) is 0 Å². The zero-order valence-corrected chi connectivity index (χ0v) is 10.8. The van der Waals surface area contributed by atoms with E-state index in [4.69, 9.17) is 4.74 Å². The van der Waals surface area contributed by atoms with E-state index in [9.17, 15) is 0 Å². The van der Waals surface area contributed by atoms with E-state index in [0.717, 1.165) is 10.8 Å². The summed E-state index contributed by atoms with van der Waals surface area (Å²) in [6.07, 6.45) is 5.08. The van der Waals surface area contributed by atoms with Crippen LogP contribution in [0.3, 0.4) is 0 Å². The largest absolute Gasteiger partial charge is 0.447 e. The van der Waals surface area contributed by atoms with Crippen LogP contribution < -0.4 is 4.74 Å². The van der Waals surface area contributed by atoms with Gasteiger partial charge in [0.05, 0.1) is 0 Å². The van der Waals surface area contributed by atoms with Crippen molar-refractivity contribution < 1.29 is 4.74 Å². The second-order valence-corrected chi connectivity index (χ2v) is 5.86. The third-order valence-corrected chi connectivity index (χ3v) is 4.13. The van der Waals surface area contributed by atoms with Crippen molar-refractivity contribution in [3.63, 3.8) is 0 Å². The van der Waals surface area contributed by atoms with E-state index in [0.29, 0.717) is 0 Å². The summed E-state index contributed by atoms with van der Waals surface area (Å²) in [6, 6.07) is 10.7. The Hall–Kier alpha value is -1.28. The summed E-state index contributed by atoms with van der Waals surface area (Å²) < 4.78 is 5.88. The molecule has 0 amide bonds. The fourth-order valence-corrected chi connectivity index (χ4v) is 3.08. The molecule has 3 rings (SSSR count). The van der Waals surface area contributed by atoms with Crippen molar-refractivity contribution in [2.24, 2.45) is 0 Å². The minimum absolute atomic E-state index is 0.979. The molecule has 0 saturated carbocycles. The molecule has 0 N–H and O–H groups in total. The molecule has 1 aliphatic rings. The molecule has 0 spiro atoms. The second kappa shape index (κ2) is 4.53. The van der Waals surface area contributed by atoms with Gasteiger partial charge in [-0.05, 0) is 68.0 Å². The molecule has 0 unspecified atom stereocenters. The zero-order chi connectivity index (χ0) is 11.7. The molecule has 17 heavy (non-hydrogen) atoms. The first-order chi connectivity index (χ1) is 8.31. The van der Waals surface area contributed by atoms with E-state index < -0.39 is 0 Å². The van der Waals surface area contributed by atoms with Crippen LogP contribution in [0.15, 0.2) is 30.3 Å². The molecule has 1 aromatic heterocycles. The number of hydrogen-bond donors (Lipinski definition) is 0. The van der Waals surface area contributed by atoms with Crippen molar-refractivity contribution >= 4 is 11.3 Å². The third kappa shape index (κ3) is 2.37. The molecule has 0 aliphatic heterocycles. The van der Waals surface area contributed by atoms with E-state index in [2.05, 4.69) is 31.2 Å². The summed E-state index contributed by atoms with van der Waals surface area (Å²) in [7, 11) is 0. The van der Waals surface area contributed by atoms with Gasteiger partial charge in [-0.2, -0.15) is 0 Å². The smallest absolute Gasteiger partial charge is 0.181 e. The summed E-state index contributed by atoms with van der Waals surface area (Å²) in [5, 5.41) is 0.984. The Balaban J connectivity index is 1.84. The van der Waals surface area contributed by atoms with Crippen LogP contribution in [0.1, 0.15) is 28.8 Å². The minimum Gasteiger partial charge on any atom is -0.447 e. The Morgan fingerprint density at radius 1 is 1.00 bits per heavy atom. The lowest BCUT2D eigenvalue weighted by atomic mass is 9.92. The average Bonchev–Trinajstić information content (AvgIpc) is 2.75. The number of ether oxygens (including phenoxy) is 1. The van der Waals surface area contributed by atoms with Gasteiger partial charge in [-0.1, -0.05) is 6.07 Å². The SMILES string of the molecule is Cc1ccc(Oc2ccc3c(c2)CCCC3)s1. The summed E-state index contributed by atoms with van der Waals surface area (Å²) >= 11 is 1.70. The van der Waals surface area contributed by atoms with Gasteiger partial charge in [0.15, 0.2) is 5.06 Å². The van der Waals surface area contributed by atoms with Crippen LogP contribution in [0.5, 0.6) is 10.8 Å². The maximum atomic E-state index is 5.88. The van der Waals surface area contributed by atoms with Crippen LogP contribution in [-0.2, 0) is 12.8 Å². The number of benzene rings is 1. The summed E-state index contributed by atoms with van der Waals surface area (Å²) in [5.74, 6) is 0.979. The van der Waals surface area contributed by atoms with Crippen LogP contribution >= 0.6 is 11.3 Å². The molecule has 0 saturated heterocycles. The summed E-state index contributed by atoms with van der Waals surface area (Å²) in [6.45, 7) is 2.10. The van der Waals surface area contributed by atoms with Crippen molar-refractivity contribution in [2.75, 3.05) is 0 Å². The van der Waals surface area contributed by atoms with Gasteiger partial charge in [0.2, 0.25) is 0 Å². The molecule has 2 heteroatoms.